The van der Waals surface area contributed by atoms with Gasteiger partial charge in [0.25, 0.3) is 0 Å². The zero-order valence-corrected chi connectivity index (χ0v) is 16.9. The maximum absolute atomic E-state index is 12.4. The summed E-state index contributed by atoms with van der Waals surface area (Å²) < 4.78 is 5.86. The third kappa shape index (κ3) is 4.60. The van der Waals surface area contributed by atoms with Crippen LogP contribution in [0.4, 0.5) is 4.79 Å². The van der Waals surface area contributed by atoms with Gasteiger partial charge in [-0.15, -0.1) is 0 Å². The van der Waals surface area contributed by atoms with Gasteiger partial charge < -0.3 is 15.4 Å². The first kappa shape index (κ1) is 19.1. The van der Waals surface area contributed by atoms with Gasteiger partial charge in [0.2, 0.25) is 0 Å². The lowest BCUT2D eigenvalue weighted by atomic mass is 10.00. The van der Waals surface area contributed by atoms with Crippen molar-refractivity contribution in [2.75, 3.05) is 6.61 Å². The van der Waals surface area contributed by atoms with Crippen LogP contribution in [-0.4, -0.2) is 18.7 Å². The highest BCUT2D eigenvalue weighted by Gasteiger charge is 2.22. The normalized spacial score (nSPS) is 15.2. The number of ether oxygens (including phenoxy) is 1. The van der Waals surface area contributed by atoms with Crippen molar-refractivity contribution < 1.29 is 9.53 Å². The summed E-state index contributed by atoms with van der Waals surface area (Å²) in [5.41, 5.74) is 6.92. The molecule has 0 saturated heterocycles. The number of carbonyl (C=O) groups is 1. The summed E-state index contributed by atoms with van der Waals surface area (Å²) in [4.78, 5) is 12.4. The average molecular weight is 386 g/mol. The van der Waals surface area contributed by atoms with Crippen LogP contribution in [0.1, 0.15) is 22.3 Å². The molecule has 29 heavy (non-hydrogen) atoms. The molecule has 2 N–H and O–H groups in total. The number of rotatable bonds is 4. The van der Waals surface area contributed by atoms with Gasteiger partial charge in [-0.3, -0.25) is 0 Å². The molecule has 1 aliphatic heterocycles. The molecule has 0 aromatic heterocycles. The molecule has 1 heterocycles. The lowest BCUT2D eigenvalue weighted by molar-refractivity contribution is 0.213. The topological polar surface area (TPSA) is 50.4 Å². The van der Waals surface area contributed by atoms with E-state index in [2.05, 4.69) is 60.0 Å². The number of para-hydroxylation sites is 1. The number of amides is 2. The van der Waals surface area contributed by atoms with Crippen molar-refractivity contribution in [2.45, 2.75) is 32.9 Å². The average Bonchev–Trinajstić information content (AvgIpc) is 2.73. The van der Waals surface area contributed by atoms with Crippen LogP contribution in [0.3, 0.4) is 0 Å². The summed E-state index contributed by atoms with van der Waals surface area (Å²) in [6.07, 6.45) is 0.785. The minimum Gasteiger partial charge on any atom is -0.491 e. The quantitative estimate of drug-likeness (QED) is 0.678. The van der Waals surface area contributed by atoms with Crippen LogP contribution in [-0.2, 0) is 13.0 Å². The van der Waals surface area contributed by atoms with Crippen LogP contribution in [0, 0.1) is 13.8 Å². The molecular formula is C25H26N2O2. The van der Waals surface area contributed by atoms with Gasteiger partial charge in [0.1, 0.15) is 12.4 Å². The predicted octanol–water partition coefficient (Wildman–Crippen LogP) is 4.77. The summed E-state index contributed by atoms with van der Waals surface area (Å²) in [7, 11) is 0. The lowest BCUT2D eigenvalue weighted by Crippen LogP contribution is -2.47. The van der Waals surface area contributed by atoms with E-state index >= 15 is 0 Å². The second kappa shape index (κ2) is 8.39. The van der Waals surface area contributed by atoms with Crippen LogP contribution < -0.4 is 15.4 Å². The SMILES string of the molecule is Cc1cccc(-c2cccc(CNC(=O)NC3COc4c(C)cccc4C3)c2)c1. The molecular weight excluding hydrogens is 360 g/mol. The van der Waals surface area contributed by atoms with Crippen molar-refractivity contribution >= 4 is 6.03 Å². The van der Waals surface area contributed by atoms with Crippen molar-refractivity contribution in [1.82, 2.24) is 10.6 Å². The van der Waals surface area contributed by atoms with Crippen molar-refractivity contribution in [2.24, 2.45) is 0 Å². The number of benzene rings is 3. The first-order valence-electron chi connectivity index (χ1n) is 10.00. The van der Waals surface area contributed by atoms with E-state index in [0.717, 1.165) is 34.4 Å². The maximum atomic E-state index is 12.4. The summed E-state index contributed by atoms with van der Waals surface area (Å²) >= 11 is 0. The van der Waals surface area contributed by atoms with Gasteiger partial charge in [-0.05, 0) is 54.2 Å². The molecule has 0 aliphatic carbocycles. The highest BCUT2D eigenvalue weighted by atomic mass is 16.5. The van der Waals surface area contributed by atoms with Gasteiger partial charge >= 0.3 is 6.03 Å². The van der Waals surface area contributed by atoms with Crippen LogP contribution in [0.5, 0.6) is 5.75 Å². The van der Waals surface area contributed by atoms with E-state index in [0.29, 0.717) is 13.2 Å². The smallest absolute Gasteiger partial charge is 0.315 e. The van der Waals surface area contributed by atoms with E-state index < -0.39 is 0 Å². The number of urea groups is 1. The number of hydrogen-bond donors (Lipinski definition) is 2. The Balaban J connectivity index is 1.34. The van der Waals surface area contributed by atoms with Crippen LogP contribution in [0.15, 0.2) is 66.7 Å². The van der Waals surface area contributed by atoms with Gasteiger partial charge in [-0.25, -0.2) is 4.79 Å². The van der Waals surface area contributed by atoms with E-state index in [1.54, 1.807) is 0 Å². The zero-order chi connectivity index (χ0) is 20.2. The van der Waals surface area contributed by atoms with Crippen molar-refractivity contribution in [3.8, 4) is 16.9 Å². The fourth-order valence-corrected chi connectivity index (χ4v) is 3.79. The molecule has 3 aromatic carbocycles. The van der Waals surface area contributed by atoms with Crippen molar-refractivity contribution in [1.29, 1.82) is 0 Å². The summed E-state index contributed by atoms with van der Waals surface area (Å²) in [6, 6.07) is 22.6. The lowest BCUT2D eigenvalue weighted by Gasteiger charge is -2.27. The Morgan fingerprint density at radius 1 is 1.00 bits per heavy atom. The third-order valence-electron chi connectivity index (χ3n) is 5.26. The first-order valence-corrected chi connectivity index (χ1v) is 10.00. The minimum atomic E-state index is -0.171. The second-order valence-electron chi connectivity index (χ2n) is 7.67. The van der Waals surface area contributed by atoms with Crippen molar-refractivity contribution in [3.63, 3.8) is 0 Å². The second-order valence-corrected chi connectivity index (χ2v) is 7.67. The standard InChI is InChI=1S/C25H26N2O2/c1-17-6-3-9-20(12-17)21-10-5-8-19(13-21)15-26-25(28)27-23-14-22-11-4-7-18(2)24(22)29-16-23/h3-13,23H,14-16H2,1-2H3,(H2,26,27,28). The molecule has 1 unspecified atom stereocenters. The van der Waals surface area contributed by atoms with Crippen LogP contribution in [0.2, 0.25) is 0 Å². The summed E-state index contributed by atoms with van der Waals surface area (Å²) in [5.74, 6) is 0.957. The third-order valence-corrected chi connectivity index (χ3v) is 5.26. The van der Waals surface area contributed by atoms with Gasteiger partial charge in [-0.1, -0.05) is 66.2 Å². The first-order chi connectivity index (χ1) is 14.1. The highest BCUT2D eigenvalue weighted by molar-refractivity contribution is 5.74. The number of aryl methyl sites for hydroxylation is 2. The van der Waals surface area contributed by atoms with Gasteiger partial charge in [-0.2, -0.15) is 0 Å². The van der Waals surface area contributed by atoms with Crippen molar-refractivity contribution in [3.05, 3.63) is 89.0 Å². The Hall–Kier alpha value is -3.27. The fraction of sp³-hybridized carbons (Fsp3) is 0.240. The summed E-state index contributed by atoms with van der Waals surface area (Å²) in [6.45, 7) is 5.11. The molecule has 0 spiro atoms. The minimum absolute atomic E-state index is 0.0251. The number of hydrogen-bond acceptors (Lipinski definition) is 2. The molecule has 1 aliphatic rings. The fourth-order valence-electron chi connectivity index (χ4n) is 3.79. The molecule has 1 atom stereocenters. The molecule has 0 fully saturated rings. The summed E-state index contributed by atoms with van der Waals surface area (Å²) in [5, 5.41) is 5.99. The maximum Gasteiger partial charge on any atom is 0.315 e. The molecule has 2 amide bonds. The van der Waals surface area contributed by atoms with Crippen LogP contribution >= 0.6 is 0 Å². The number of carbonyl (C=O) groups excluding carboxylic acids is 1. The van der Waals surface area contributed by atoms with Crippen LogP contribution in [0.25, 0.3) is 11.1 Å². The number of fused-ring (bicyclic) bond motifs is 1. The van der Waals surface area contributed by atoms with E-state index in [1.807, 2.05) is 31.2 Å². The van der Waals surface area contributed by atoms with E-state index in [9.17, 15) is 4.79 Å². The Bertz CT molecular complexity index is 1030. The Labute approximate surface area is 171 Å². The van der Waals surface area contributed by atoms with Gasteiger partial charge in [0.15, 0.2) is 0 Å². The van der Waals surface area contributed by atoms with E-state index in [4.69, 9.17) is 4.74 Å². The highest BCUT2D eigenvalue weighted by Crippen LogP contribution is 2.28. The molecule has 4 heteroatoms. The molecule has 148 valence electrons. The molecule has 0 bridgehead atoms. The van der Waals surface area contributed by atoms with Gasteiger partial charge in [0.05, 0.1) is 6.04 Å². The molecule has 0 radical (unpaired) electrons. The Morgan fingerprint density at radius 3 is 2.59 bits per heavy atom. The van der Waals surface area contributed by atoms with Gasteiger partial charge in [0, 0.05) is 6.54 Å². The predicted molar refractivity (Wildman–Crippen MR) is 116 cm³/mol. The Morgan fingerprint density at radius 2 is 1.76 bits per heavy atom. The largest absolute Gasteiger partial charge is 0.491 e. The zero-order valence-electron chi connectivity index (χ0n) is 16.9. The molecule has 4 nitrogen and oxygen atoms in total. The van der Waals surface area contributed by atoms with E-state index in [1.165, 1.54) is 11.1 Å². The Kier molecular flexibility index (Phi) is 5.52. The molecule has 0 saturated carbocycles. The molecule has 3 aromatic rings. The monoisotopic (exact) mass is 386 g/mol. The number of nitrogens with one attached hydrogen (secondary N) is 2. The molecule has 4 rings (SSSR count). The van der Waals surface area contributed by atoms with E-state index in [-0.39, 0.29) is 12.1 Å².